The summed E-state index contributed by atoms with van der Waals surface area (Å²) in [6.07, 6.45) is 2.28. The summed E-state index contributed by atoms with van der Waals surface area (Å²) in [5.41, 5.74) is 0.160. The molecular weight excluding hydrogens is 345 g/mol. The first kappa shape index (κ1) is 17.4. The fourth-order valence-electron chi connectivity index (χ4n) is 2.61. The standard InChI is InChI=1S/C18H17ClFN3O2/c1-18(2)9-11(18)16(24)23-14-8-10(6-7-21-14)22-17(25)15-12(19)4-3-5-13(15)20/h3-8,11H,9H2,1-2H3,(H2,21,22,23,24,25). The Morgan fingerprint density at radius 3 is 2.64 bits per heavy atom. The second-order valence-electron chi connectivity index (χ2n) is 6.72. The molecule has 1 atom stereocenters. The third kappa shape index (κ3) is 3.79. The Hall–Kier alpha value is -2.47. The number of hydrogen-bond donors (Lipinski definition) is 2. The molecule has 1 saturated carbocycles. The normalized spacial score (nSPS) is 17.7. The number of pyridine rings is 1. The topological polar surface area (TPSA) is 71.1 Å². The van der Waals surface area contributed by atoms with Gasteiger partial charge >= 0.3 is 0 Å². The summed E-state index contributed by atoms with van der Waals surface area (Å²) < 4.78 is 13.8. The number of carbonyl (C=O) groups is 2. The SMILES string of the molecule is CC1(C)CC1C(=O)Nc1cc(NC(=O)c2c(F)cccc2Cl)ccn1. The summed E-state index contributed by atoms with van der Waals surface area (Å²) in [7, 11) is 0. The molecular formula is C18H17ClFN3O2. The lowest BCUT2D eigenvalue weighted by Crippen LogP contribution is -2.18. The molecule has 1 aliphatic rings. The molecule has 1 heterocycles. The van der Waals surface area contributed by atoms with Gasteiger partial charge in [0.1, 0.15) is 11.6 Å². The molecule has 1 aliphatic carbocycles. The van der Waals surface area contributed by atoms with E-state index in [1.807, 2.05) is 13.8 Å². The zero-order valence-electron chi connectivity index (χ0n) is 13.8. The molecule has 1 unspecified atom stereocenters. The predicted molar refractivity (Wildman–Crippen MR) is 94.1 cm³/mol. The van der Waals surface area contributed by atoms with Crippen molar-refractivity contribution in [3.8, 4) is 0 Å². The van der Waals surface area contributed by atoms with Crippen molar-refractivity contribution in [3.63, 3.8) is 0 Å². The van der Waals surface area contributed by atoms with Gasteiger partial charge in [0.05, 0.1) is 10.6 Å². The molecule has 2 N–H and O–H groups in total. The lowest BCUT2D eigenvalue weighted by molar-refractivity contribution is -0.118. The number of halogens is 2. The Bertz CT molecular complexity index is 834. The summed E-state index contributed by atoms with van der Waals surface area (Å²) in [6, 6.07) is 7.09. The molecule has 25 heavy (non-hydrogen) atoms. The second-order valence-corrected chi connectivity index (χ2v) is 7.12. The van der Waals surface area contributed by atoms with E-state index in [1.165, 1.54) is 24.4 Å². The van der Waals surface area contributed by atoms with Crippen LogP contribution in [0.5, 0.6) is 0 Å². The van der Waals surface area contributed by atoms with Crippen LogP contribution in [0.1, 0.15) is 30.6 Å². The number of carbonyl (C=O) groups excluding carboxylic acids is 2. The Morgan fingerprint density at radius 1 is 1.28 bits per heavy atom. The lowest BCUT2D eigenvalue weighted by atomic mass is 10.1. The molecule has 0 spiro atoms. The van der Waals surface area contributed by atoms with E-state index in [0.717, 1.165) is 12.5 Å². The van der Waals surface area contributed by atoms with Crippen LogP contribution in [0.4, 0.5) is 15.9 Å². The monoisotopic (exact) mass is 361 g/mol. The second kappa shape index (κ2) is 6.44. The quantitative estimate of drug-likeness (QED) is 0.860. The molecule has 0 saturated heterocycles. The minimum Gasteiger partial charge on any atom is -0.322 e. The van der Waals surface area contributed by atoms with Crippen molar-refractivity contribution in [1.82, 2.24) is 4.98 Å². The lowest BCUT2D eigenvalue weighted by Gasteiger charge is -2.10. The first-order chi connectivity index (χ1) is 11.8. The van der Waals surface area contributed by atoms with Gasteiger partial charge in [0, 0.05) is 23.9 Å². The van der Waals surface area contributed by atoms with Crippen molar-refractivity contribution in [2.45, 2.75) is 20.3 Å². The minimum absolute atomic E-state index is 0.0114. The Morgan fingerprint density at radius 2 is 2.00 bits per heavy atom. The molecule has 0 radical (unpaired) electrons. The summed E-state index contributed by atoms with van der Waals surface area (Å²) in [5, 5.41) is 5.32. The smallest absolute Gasteiger partial charge is 0.260 e. The van der Waals surface area contributed by atoms with Crippen molar-refractivity contribution in [3.05, 3.63) is 52.9 Å². The van der Waals surface area contributed by atoms with Gasteiger partial charge in [-0.25, -0.2) is 9.37 Å². The molecule has 1 aromatic carbocycles. The molecule has 7 heteroatoms. The van der Waals surface area contributed by atoms with Gasteiger partial charge in [0.15, 0.2) is 0 Å². The van der Waals surface area contributed by atoms with Crippen molar-refractivity contribution in [1.29, 1.82) is 0 Å². The van der Waals surface area contributed by atoms with Crippen LogP contribution in [-0.2, 0) is 4.79 Å². The van der Waals surface area contributed by atoms with Crippen LogP contribution < -0.4 is 10.6 Å². The van der Waals surface area contributed by atoms with Gasteiger partial charge in [-0.05, 0) is 30.0 Å². The van der Waals surface area contributed by atoms with Gasteiger partial charge in [-0.15, -0.1) is 0 Å². The van der Waals surface area contributed by atoms with Gasteiger partial charge < -0.3 is 10.6 Å². The molecule has 5 nitrogen and oxygen atoms in total. The average Bonchev–Trinajstić information content (AvgIpc) is 3.16. The highest BCUT2D eigenvalue weighted by Gasteiger charge is 2.50. The molecule has 2 aromatic rings. The highest BCUT2D eigenvalue weighted by molar-refractivity contribution is 6.34. The van der Waals surface area contributed by atoms with Crippen LogP contribution in [0.25, 0.3) is 0 Å². The minimum atomic E-state index is -0.705. The summed E-state index contributed by atoms with van der Waals surface area (Å²) in [4.78, 5) is 28.4. The van der Waals surface area contributed by atoms with Crippen LogP contribution in [0, 0.1) is 17.2 Å². The highest BCUT2D eigenvalue weighted by atomic mass is 35.5. The molecule has 130 valence electrons. The first-order valence-corrected chi connectivity index (χ1v) is 8.18. The molecule has 2 amide bonds. The van der Waals surface area contributed by atoms with E-state index >= 15 is 0 Å². The van der Waals surface area contributed by atoms with Gasteiger partial charge in [-0.1, -0.05) is 31.5 Å². The number of anilines is 2. The van der Waals surface area contributed by atoms with Crippen molar-refractivity contribution >= 4 is 34.9 Å². The molecule has 1 fully saturated rings. The molecule has 3 rings (SSSR count). The number of amides is 2. The fourth-order valence-corrected chi connectivity index (χ4v) is 2.86. The maximum atomic E-state index is 13.8. The van der Waals surface area contributed by atoms with Crippen molar-refractivity contribution in [2.24, 2.45) is 11.3 Å². The highest BCUT2D eigenvalue weighted by Crippen LogP contribution is 2.51. The van der Waals surface area contributed by atoms with E-state index in [1.54, 1.807) is 6.07 Å². The van der Waals surface area contributed by atoms with Crippen molar-refractivity contribution in [2.75, 3.05) is 10.6 Å². The first-order valence-electron chi connectivity index (χ1n) is 7.80. The third-order valence-corrected chi connectivity index (χ3v) is 4.60. The predicted octanol–water partition coefficient (Wildman–Crippen LogP) is 4.11. The number of nitrogens with one attached hydrogen (secondary N) is 2. The van der Waals surface area contributed by atoms with E-state index in [4.69, 9.17) is 11.6 Å². The number of rotatable bonds is 4. The van der Waals surface area contributed by atoms with Crippen LogP contribution in [0.2, 0.25) is 5.02 Å². The van der Waals surface area contributed by atoms with Gasteiger partial charge in [0.25, 0.3) is 5.91 Å². The summed E-state index contributed by atoms with van der Waals surface area (Å²) >= 11 is 5.89. The van der Waals surface area contributed by atoms with E-state index in [0.29, 0.717) is 11.5 Å². The van der Waals surface area contributed by atoms with E-state index in [-0.39, 0.29) is 27.8 Å². The Labute approximate surface area is 149 Å². The molecule has 0 bridgehead atoms. The number of aromatic nitrogens is 1. The number of hydrogen-bond acceptors (Lipinski definition) is 3. The maximum absolute atomic E-state index is 13.8. The Balaban J connectivity index is 1.72. The largest absolute Gasteiger partial charge is 0.322 e. The van der Waals surface area contributed by atoms with E-state index in [9.17, 15) is 14.0 Å². The van der Waals surface area contributed by atoms with E-state index < -0.39 is 11.7 Å². The molecule has 1 aromatic heterocycles. The summed E-state index contributed by atoms with van der Waals surface area (Å²) in [5.74, 6) is -1.19. The average molecular weight is 362 g/mol. The van der Waals surface area contributed by atoms with Gasteiger partial charge in [-0.2, -0.15) is 0 Å². The maximum Gasteiger partial charge on any atom is 0.260 e. The zero-order chi connectivity index (χ0) is 18.2. The van der Waals surface area contributed by atoms with Gasteiger partial charge in [0.2, 0.25) is 5.91 Å². The molecule has 0 aliphatic heterocycles. The van der Waals surface area contributed by atoms with Crippen LogP contribution >= 0.6 is 11.6 Å². The fraction of sp³-hybridized carbons (Fsp3) is 0.278. The summed E-state index contributed by atoms with van der Waals surface area (Å²) in [6.45, 7) is 4.05. The van der Waals surface area contributed by atoms with Crippen LogP contribution in [-0.4, -0.2) is 16.8 Å². The van der Waals surface area contributed by atoms with Crippen molar-refractivity contribution < 1.29 is 14.0 Å². The van der Waals surface area contributed by atoms with Gasteiger partial charge in [-0.3, -0.25) is 9.59 Å². The van der Waals surface area contributed by atoms with Crippen LogP contribution in [0.15, 0.2) is 36.5 Å². The number of nitrogens with zero attached hydrogens (tertiary/aromatic N) is 1. The Kier molecular flexibility index (Phi) is 4.47. The van der Waals surface area contributed by atoms with Crippen LogP contribution in [0.3, 0.4) is 0 Å². The number of benzene rings is 1. The third-order valence-electron chi connectivity index (χ3n) is 4.29. The van der Waals surface area contributed by atoms with E-state index in [2.05, 4.69) is 15.6 Å². The zero-order valence-corrected chi connectivity index (χ0v) is 14.5.